The minimum absolute atomic E-state index is 0.144. The van der Waals surface area contributed by atoms with E-state index >= 15 is 0 Å². The molecule has 88 valence electrons. The summed E-state index contributed by atoms with van der Waals surface area (Å²) in [6, 6.07) is 1.11. The quantitative estimate of drug-likeness (QED) is 0.426. The van der Waals surface area contributed by atoms with Gasteiger partial charge >= 0.3 is 0 Å². The fourth-order valence-corrected chi connectivity index (χ4v) is 2.29. The van der Waals surface area contributed by atoms with Crippen LogP contribution in [0.3, 0.4) is 0 Å². The molecule has 0 saturated heterocycles. The van der Waals surface area contributed by atoms with Gasteiger partial charge in [-0.15, -0.1) is 11.3 Å². The number of nitrogens with two attached hydrogens (primary N) is 2. The molecule has 0 aliphatic heterocycles. The largest absolute Gasteiger partial charge is 0.330 e. The highest BCUT2D eigenvalue weighted by molar-refractivity contribution is 7.12. The van der Waals surface area contributed by atoms with Crippen LogP contribution in [0.25, 0.3) is 0 Å². The van der Waals surface area contributed by atoms with Crippen LogP contribution in [0.4, 0.5) is 0 Å². The van der Waals surface area contributed by atoms with E-state index in [9.17, 15) is 9.59 Å². The van der Waals surface area contributed by atoms with Gasteiger partial charge in [-0.1, -0.05) is 6.42 Å². The van der Waals surface area contributed by atoms with E-state index in [2.05, 4.69) is 0 Å². The van der Waals surface area contributed by atoms with Crippen molar-refractivity contribution >= 4 is 23.4 Å². The normalized spacial score (nSPS) is 12.4. The maximum absolute atomic E-state index is 11.9. The van der Waals surface area contributed by atoms with Crippen LogP contribution in [0.2, 0.25) is 0 Å². The van der Waals surface area contributed by atoms with Crippen molar-refractivity contribution in [2.75, 3.05) is 6.54 Å². The van der Waals surface area contributed by atoms with Gasteiger partial charge in [0.2, 0.25) is 0 Å². The first-order valence-electron chi connectivity index (χ1n) is 5.23. The smallest absolute Gasteiger partial charge is 0.190 e. The average Bonchev–Trinajstić information content (AvgIpc) is 2.76. The van der Waals surface area contributed by atoms with Crippen LogP contribution in [0.15, 0.2) is 11.4 Å². The van der Waals surface area contributed by atoms with Gasteiger partial charge in [-0.25, -0.2) is 0 Å². The first kappa shape index (κ1) is 13.0. The minimum atomic E-state index is -0.524. The predicted octanol–water partition coefficient (Wildman–Crippen LogP) is 1.20. The Morgan fingerprint density at radius 2 is 2.25 bits per heavy atom. The third-order valence-corrected chi connectivity index (χ3v) is 3.30. The summed E-state index contributed by atoms with van der Waals surface area (Å²) in [7, 11) is 0. The first-order chi connectivity index (χ1) is 7.70. The molecule has 4 N–H and O–H groups in total. The Kier molecular flexibility index (Phi) is 5.31. The molecule has 0 aliphatic rings. The van der Waals surface area contributed by atoms with E-state index in [0.29, 0.717) is 29.7 Å². The van der Waals surface area contributed by atoms with E-state index in [1.165, 1.54) is 11.3 Å². The molecule has 5 heteroatoms. The summed E-state index contributed by atoms with van der Waals surface area (Å²) in [6.07, 6.45) is 3.01. The number of rotatable bonds is 7. The van der Waals surface area contributed by atoms with E-state index in [-0.39, 0.29) is 5.78 Å². The molecular weight excluding hydrogens is 224 g/mol. The molecule has 0 unspecified atom stereocenters. The van der Waals surface area contributed by atoms with Crippen molar-refractivity contribution in [2.24, 2.45) is 11.5 Å². The number of unbranched alkanes of at least 4 members (excludes halogenated alkanes) is 1. The molecule has 4 nitrogen and oxygen atoms in total. The van der Waals surface area contributed by atoms with Crippen LogP contribution in [-0.2, 0) is 0 Å². The van der Waals surface area contributed by atoms with Crippen LogP contribution in [0.5, 0.6) is 0 Å². The standard InChI is InChI=1S/C11H16N2O2S/c12-5-2-1-3-9(13)10(15)11-8(7-14)4-6-16-11/h4,6-7,9H,1-3,5,12-13H2/t9-/m1/s1. The van der Waals surface area contributed by atoms with Crippen molar-refractivity contribution < 1.29 is 9.59 Å². The van der Waals surface area contributed by atoms with Gasteiger partial charge in [-0.3, -0.25) is 9.59 Å². The monoisotopic (exact) mass is 240 g/mol. The van der Waals surface area contributed by atoms with Crippen molar-refractivity contribution in [1.82, 2.24) is 0 Å². The van der Waals surface area contributed by atoms with Crippen molar-refractivity contribution in [2.45, 2.75) is 25.3 Å². The van der Waals surface area contributed by atoms with E-state index in [4.69, 9.17) is 11.5 Å². The second-order valence-corrected chi connectivity index (χ2v) is 4.49. The summed E-state index contributed by atoms with van der Waals surface area (Å²) in [6.45, 7) is 0.611. The Bertz CT molecular complexity index is 363. The second kappa shape index (κ2) is 6.52. The van der Waals surface area contributed by atoms with Crippen molar-refractivity contribution in [3.8, 4) is 0 Å². The lowest BCUT2D eigenvalue weighted by atomic mass is 10.0. The number of carbonyl (C=O) groups excluding carboxylic acids is 2. The van der Waals surface area contributed by atoms with Crippen molar-refractivity contribution in [3.63, 3.8) is 0 Å². The summed E-state index contributed by atoms with van der Waals surface area (Å²) in [5, 5.41) is 1.73. The van der Waals surface area contributed by atoms with Gasteiger partial charge in [0.1, 0.15) is 0 Å². The van der Waals surface area contributed by atoms with Crippen LogP contribution in [-0.4, -0.2) is 24.7 Å². The topological polar surface area (TPSA) is 86.2 Å². The fraction of sp³-hybridized carbons (Fsp3) is 0.455. The second-order valence-electron chi connectivity index (χ2n) is 3.58. The molecule has 0 spiro atoms. The Labute approximate surface area is 98.6 Å². The summed E-state index contributed by atoms with van der Waals surface area (Å²) < 4.78 is 0. The maximum Gasteiger partial charge on any atom is 0.190 e. The molecule has 0 amide bonds. The Balaban J connectivity index is 2.59. The van der Waals surface area contributed by atoms with Gasteiger partial charge in [0.05, 0.1) is 10.9 Å². The SMILES string of the molecule is NCCCC[C@@H](N)C(=O)c1sccc1C=O. The van der Waals surface area contributed by atoms with E-state index in [1.807, 2.05) is 0 Å². The number of ketones is 1. The average molecular weight is 240 g/mol. The molecular formula is C11H16N2O2S. The molecule has 16 heavy (non-hydrogen) atoms. The summed E-state index contributed by atoms with van der Waals surface area (Å²) in [5.41, 5.74) is 11.6. The maximum atomic E-state index is 11.9. The molecule has 1 aromatic rings. The Morgan fingerprint density at radius 1 is 1.50 bits per heavy atom. The third-order valence-electron chi connectivity index (χ3n) is 2.35. The van der Waals surface area contributed by atoms with Gasteiger partial charge in [-0.05, 0) is 30.8 Å². The zero-order chi connectivity index (χ0) is 12.0. The number of hydrogen-bond acceptors (Lipinski definition) is 5. The molecule has 1 heterocycles. The van der Waals surface area contributed by atoms with E-state index < -0.39 is 6.04 Å². The van der Waals surface area contributed by atoms with Crippen LogP contribution in [0, 0.1) is 0 Å². The summed E-state index contributed by atoms with van der Waals surface area (Å²) in [5.74, 6) is -0.144. The molecule has 0 fully saturated rings. The van der Waals surface area contributed by atoms with Gasteiger partial charge in [0.25, 0.3) is 0 Å². The highest BCUT2D eigenvalue weighted by Gasteiger charge is 2.19. The number of hydrogen-bond donors (Lipinski definition) is 2. The highest BCUT2D eigenvalue weighted by atomic mass is 32.1. The fourth-order valence-electron chi connectivity index (χ4n) is 1.42. The molecule has 1 atom stereocenters. The zero-order valence-electron chi connectivity index (χ0n) is 9.02. The lowest BCUT2D eigenvalue weighted by Gasteiger charge is -2.09. The number of aldehydes is 1. The minimum Gasteiger partial charge on any atom is -0.330 e. The lowest BCUT2D eigenvalue weighted by Crippen LogP contribution is -2.30. The molecule has 0 radical (unpaired) electrons. The van der Waals surface area contributed by atoms with Gasteiger partial charge in [0.15, 0.2) is 12.1 Å². The lowest BCUT2D eigenvalue weighted by molar-refractivity contribution is 0.0955. The Morgan fingerprint density at radius 3 is 2.88 bits per heavy atom. The molecule has 0 bridgehead atoms. The van der Waals surface area contributed by atoms with Crippen LogP contribution in [0.1, 0.15) is 39.3 Å². The predicted molar refractivity (Wildman–Crippen MR) is 64.9 cm³/mol. The van der Waals surface area contributed by atoms with Gasteiger partial charge in [-0.2, -0.15) is 0 Å². The Hall–Kier alpha value is -1.04. The zero-order valence-corrected chi connectivity index (χ0v) is 9.83. The molecule has 0 aromatic carbocycles. The van der Waals surface area contributed by atoms with Crippen molar-refractivity contribution in [1.29, 1.82) is 0 Å². The van der Waals surface area contributed by atoms with Crippen LogP contribution >= 0.6 is 11.3 Å². The highest BCUT2D eigenvalue weighted by Crippen LogP contribution is 2.18. The molecule has 1 rings (SSSR count). The third kappa shape index (κ3) is 3.23. The van der Waals surface area contributed by atoms with Gasteiger partial charge < -0.3 is 11.5 Å². The van der Waals surface area contributed by atoms with Gasteiger partial charge in [0, 0.05) is 5.56 Å². The molecule has 0 aliphatic carbocycles. The summed E-state index contributed by atoms with van der Waals surface area (Å²) in [4.78, 5) is 23.0. The number of Topliss-reactive ketones (excluding diaryl/α,β-unsaturated/α-hetero) is 1. The molecule has 1 aromatic heterocycles. The number of thiophene rings is 1. The number of carbonyl (C=O) groups is 2. The van der Waals surface area contributed by atoms with E-state index in [0.717, 1.165) is 12.8 Å². The van der Waals surface area contributed by atoms with Crippen molar-refractivity contribution in [3.05, 3.63) is 21.9 Å². The first-order valence-corrected chi connectivity index (χ1v) is 6.11. The molecule has 0 saturated carbocycles. The summed E-state index contributed by atoms with van der Waals surface area (Å²) >= 11 is 1.26. The van der Waals surface area contributed by atoms with Crippen LogP contribution < -0.4 is 11.5 Å². The van der Waals surface area contributed by atoms with E-state index in [1.54, 1.807) is 11.4 Å².